The predicted molar refractivity (Wildman–Crippen MR) is 132 cm³/mol. The van der Waals surface area contributed by atoms with E-state index in [0.29, 0.717) is 5.92 Å². The fourth-order valence-corrected chi connectivity index (χ4v) is 4.56. The van der Waals surface area contributed by atoms with Crippen LogP contribution in [0.2, 0.25) is 0 Å². The summed E-state index contributed by atoms with van der Waals surface area (Å²) in [5.41, 5.74) is 8.54. The highest BCUT2D eigenvalue weighted by atomic mass is 16.5. The van der Waals surface area contributed by atoms with Gasteiger partial charge in [-0.15, -0.1) is 0 Å². The third kappa shape index (κ3) is 5.47. The summed E-state index contributed by atoms with van der Waals surface area (Å²) >= 11 is 0. The van der Waals surface area contributed by atoms with Crippen molar-refractivity contribution in [3.8, 4) is 16.9 Å². The number of hydrogen-bond donors (Lipinski definition) is 0. The Hall–Kier alpha value is -2.80. The van der Waals surface area contributed by atoms with Gasteiger partial charge in [-0.1, -0.05) is 73.7 Å². The first-order chi connectivity index (χ1) is 15.3. The van der Waals surface area contributed by atoms with Crippen LogP contribution in [-0.4, -0.2) is 6.61 Å². The quantitative estimate of drug-likeness (QED) is 0.343. The molecular formula is C30H34O. The highest BCUT2D eigenvalue weighted by Crippen LogP contribution is 2.35. The van der Waals surface area contributed by atoms with E-state index in [9.17, 15) is 0 Å². The molecule has 1 heteroatoms. The van der Waals surface area contributed by atoms with Crippen molar-refractivity contribution in [2.24, 2.45) is 0 Å². The van der Waals surface area contributed by atoms with Gasteiger partial charge in [0.1, 0.15) is 5.75 Å². The summed E-state index contributed by atoms with van der Waals surface area (Å²) in [4.78, 5) is 0. The lowest BCUT2D eigenvalue weighted by Crippen LogP contribution is -2.13. The zero-order valence-electron chi connectivity index (χ0n) is 18.9. The average molecular weight is 411 g/mol. The molecule has 1 nitrogen and oxygen atoms in total. The molecule has 1 atom stereocenters. The van der Waals surface area contributed by atoms with Crippen LogP contribution in [0.1, 0.15) is 61.3 Å². The summed E-state index contributed by atoms with van der Waals surface area (Å²) in [5.74, 6) is 1.59. The molecule has 0 aliphatic heterocycles. The average Bonchev–Trinajstić information content (AvgIpc) is 2.83. The summed E-state index contributed by atoms with van der Waals surface area (Å²) in [6, 6.07) is 24.9. The van der Waals surface area contributed by atoms with E-state index in [-0.39, 0.29) is 0 Å². The number of benzene rings is 3. The second kappa shape index (κ2) is 10.5. The van der Waals surface area contributed by atoms with Gasteiger partial charge in [-0.05, 0) is 96.9 Å². The Morgan fingerprint density at radius 2 is 1.68 bits per heavy atom. The lowest BCUT2D eigenvalue weighted by atomic mass is 9.79. The van der Waals surface area contributed by atoms with Crippen LogP contribution in [0, 0.1) is 0 Å². The van der Waals surface area contributed by atoms with Crippen LogP contribution >= 0.6 is 0 Å². The predicted octanol–water partition coefficient (Wildman–Crippen LogP) is 7.92. The lowest BCUT2D eigenvalue weighted by Gasteiger charge is -2.26. The molecule has 0 aromatic heterocycles. The van der Waals surface area contributed by atoms with Gasteiger partial charge in [0.15, 0.2) is 0 Å². The number of hydrogen-bond acceptors (Lipinski definition) is 1. The van der Waals surface area contributed by atoms with Gasteiger partial charge in [-0.25, -0.2) is 0 Å². The van der Waals surface area contributed by atoms with Gasteiger partial charge >= 0.3 is 0 Å². The molecular weight excluding hydrogens is 376 g/mol. The van der Waals surface area contributed by atoms with Crippen molar-refractivity contribution in [2.75, 3.05) is 6.61 Å². The van der Waals surface area contributed by atoms with E-state index < -0.39 is 0 Å². The van der Waals surface area contributed by atoms with Crippen LogP contribution in [0.4, 0.5) is 0 Å². The molecule has 0 bridgehead atoms. The largest absolute Gasteiger partial charge is 0.494 e. The third-order valence-corrected chi connectivity index (χ3v) is 6.38. The summed E-state index contributed by atoms with van der Waals surface area (Å²) in [6.07, 6.45) is 11.2. The minimum atomic E-state index is 0.637. The molecule has 3 aromatic rings. The summed E-state index contributed by atoms with van der Waals surface area (Å²) in [7, 11) is 0. The van der Waals surface area contributed by atoms with E-state index in [4.69, 9.17) is 4.74 Å². The number of aryl methyl sites for hydroxylation is 2. The smallest absolute Gasteiger partial charge is 0.119 e. The van der Waals surface area contributed by atoms with Gasteiger partial charge in [-0.2, -0.15) is 0 Å². The van der Waals surface area contributed by atoms with Gasteiger partial charge in [0, 0.05) is 0 Å². The SMILES string of the molecule is C/C=C/CCc1ccc(C2CCc3cc(-c4ccc(OCCC)cc4)ccc3C2)cc1. The van der Waals surface area contributed by atoms with E-state index in [0.717, 1.165) is 44.5 Å². The van der Waals surface area contributed by atoms with Crippen LogP contribution in [0.15, 0.2) is 78.9 Å². The normalized spacial score (nSPS) is 15.7. The lowest BCUT2D eigenvalue weighted by molar-refractivity contribution is 0.317. The molecule has 31 heavy (non-hydrogen) atoms. The number of allylic oxidation sites excluding steroid dienone is 2. The first-order valence-electron chi connectivity index (χ1n) is 11.8. The Morgan fingerprint density at radius 3 is 2.42 bits per heavy atom. The Bertz CT molecular complexity index is 996. The molecule has 1 aliphatic carbocycles. The summed E-state index contributed by atoms with van der Waals surface area (Å²) < 4.78 is 5.72. The van der Waals surface area contributed by atoms with Crippen molar-refractivity contribution in [1.82, 2.24) is 0 Å². The molecule has 0 heterocycles. The molecule has 1 aliphatic rings. The third-order valence-electron chi connectivity index (χ3n) is 6.38. The maximum Gasteiger partial charge on any atom is 0.119 e. The Balaban J connectivity index is 1.42. The van der Waals surface area contributed by atoms with Crippen molar-refractivity contribution < 1.29 is 4.74 Å². The van der Waals surface area contributed by atoms with E-state index >= 15 is 0 Å². The van der Waals surface area contributed by atoms with Crippen molar-refractivity contribution >= 4 is 0 Å². The summed E-state index contributed by atoms with van der Waals surface area (Å²) in [6.45, 7) is 5.00. The standard InChI is InChI=1S/C30H34O/c1-3-5-6-7-23-8-10-24(11-9-23)26-12-14-29-22-27(13-15-28(29)21-26)25-16-18-30(19-17-25)31-20-4-2/h3,5,8-11,13,15-19,22,26H,4,6-7,12,14,20-21H2,1-2H3/b5-3+. The van der Waals surface area contributed by atoms with Crippen molar-refractivity contribution in [3.05, 3.63) is 101 Å². The monoisotopic (exact) mass is 410 g/mol. The van der Waals surface area contributed by atoms with Crippen molar-refractivity contribution in [3.63, 3.8) is 0 Å². The molecule has 4 rings (SSSR count). The van der Waals surface area contributed by atoms with Crippen LogP contribution in [0.25, 0.3) is 11.1 Å². The Morgan fingerprint density at radius 1 is 0.903 bits per heavy atom. The second-order valence-electron chi connectivity index (χ2n) is 8.65. The molecule has 0 saturated heterocycles. The topological polar surface area (TPSA) is 9.23 Å². The number of ether oxygens (including phenoxy) is 1. The van der Waals surface area contributed by atoms with Gasteiger partial charge in [0.05, 0.1) is 6.61 Å². The maximum atomic E-state index is 5.72. The fraction of sp³-hybridized carbons (Fsp3) is 0.333. The molecule has 0 amide bonds. The minimum absolute atomic E-state index is 0.637. The molecule has 0 radical (unpaired) electrons. The highest BCUT2D eigenvalue weighted by molar-refractivity contribution is 5.66. The molecule has 160 valence electrons. The van der Waals surface area contributed by atoms with Gasteiger partial charge in [-0.3, -0.25) is 0 Å². The van der Waals surface area contributed by atoms with Crippen LogP contribution in [0.3, 0.4) is 0 Å². The van der Waals surface area contributed by atoms with Crippen molar-refractivity contribution in [2.45, 2.75) is 58.3 Å². The maximum absolute atomic E-state index is 5.72. The van der Waals surface area contributed by atoms with E-state index in [2.05, 4.69) is 92.7 Å². The van der Waals surface area contributed by atoms with Crippen LogP contribution < -0.4 is 4.74 Å². The minimum Gasteiger partial charge on any atom is -0.494 e. The summed E-state index contributed by atoms with van der Waals surface area (Å²) in [5, 5.41) is 0. The molecule has 3 aromatic carbocycles. The fourth-order valence-electron chi connectivity index (χ4n) is 4.56. The molecule has 0 fully saturated rings. The first-order valence-corrected chi connectivity index (χ1v) is 11.8. The van der Waals surface area contributed by atoms with E-state index in [1.54, 1.807) is 0 Å². The molecule has 0 spiro atoms. The van der Waals surface area contributed by atoms with E-state index in [1.165, 1.54) is 39.8 Å². The van der Waals surface area contributed by atoms with Gasteiger partial charge < -0.3 is 4.74 Å². The molecule has 0 N–H and O–H groups in total. The van der Waals surface area contributed by atoms with Gasteiger partial charge in [0.2, 0.25) is 0 Å². The van der Waals surface area contributed by atoms with Crippen molar-refractivity contribution in [1.29, 1.82) is 0 Å². The first kappa shape index (κ1) is 21.4. The van der Waals surface area contributed by atoms with Gasteiger partial charge in [0.25, 0.3) is 0 Å². The van der Waals surface area contributed by atoms with Crippen LogP contribution in [-0.2, 0) is 19.3 Å². The number of rotatable bonds is 8. The number of fused-ring (bicyclic) bond motifs is 1. The van der Waals surface area contributed by atoms with E-state index in [1.807, 2.05) is 0 Å². The Labute approximate surface area is 187 Å². The zero-order chi connectivity index (χ0) is 21.5. The highest BCUT2D eigenvalue weighted by Gasteiger charge is 2.20. The second-order valence-corrected chi connectivity index (χ2v) is 8.65. The zero-order valence-corrected chi connectivity index (χ0v) is 18.9. The molecule has 0 saturated carbocycles. The van der Waals surface area contributed by atoms with Crippen LogP contribution in [0.5, 0.6) is 5.75 Å². The Kier molecular flexibility index (Phi) is 7.25. The molecule has 1 unspecified atom stereocenters.